The van der Waals surface area contributed by atoms with E-state index in [9.17, 15) is 9.59 Å². The third-order valence-corrected chi connectivity index (χ3v) is 6.32. The van der Waals surface area contributed by atoms with Crippen LogP contribution in [0.1, 0.15) is 43.4 Å². The summed E-state index contributed by atoms with van der Waals surface area (Å²) in [6.07, 6.45) is 10.5. The van der Waals surface area contributed by atoms with Crippen molar-refractivity contribution in [2.24, 2.45) is 0 Å². The zero-order valence-electron chi connectivity index (χ0n) is 18.7. The van der Waals surface area contributed by atoms with Gasteiger partial charge < -0.3 is 10.2 Å². The van der Waals surface area contributed by atoms with Crippen molar-refractivity contribution < 1.29 is 4.79 Å². The van der Waals surface area contributed by atoms with Gasteiger partial charge >= 0.3 is 0 Å². The van der Waals surface area contributed by atoms with Gasteiger partial charge in [-0.05, 0) is 37.6 Å². The first-order valence-corrected chi connectivity index (χ1v) is 11.5. The van der Waals surface area contributed by atoms with E-state index in [0.717, 1.165) is 23.2 Å². The van der Waals surface area contributed by atoms with Crippen LogP contribution in [0.25, 0.3) is 10.8 Å². The molecule has 168 valence electrons. The van der Waals surface area contributed by atoms with E-state index in [1.165, 1.54) is 36.8 Å². The van der Waals surface area contributed by atoms with Crippen molar-refractivity contribution >= 4 is 16.7 Å². The minimum absolute atomic E-state index is 0.0865. The highest BCUT2D eigenvalue weighted by atomic mass is 16.2. The molecule has 1 saturated carbocycles. The van der Waals surface area contributed by atoms with Gasteiger partial charge in [0.25, 0.3) is 5.56 Å². The molecule has 1 aromatic carbocycles. The van der Waals surface area contributed by atoms with Gasteiger partial charge in [-0.15, -0.1) is 0 Å². The number of pyridine rings is 1. The molecule has 0 unspecified atom stereocenters. The van der Waals surface area contributed by atoms with Crippen molar-refractivity contribution in [2.75, 3.05) is 20.1 Å². The topological polar surface area (TPSA) is 80.1 Å². The standard InChI is InChI=1S/C25H31N5O2/c1-29(20-9-3-2-4-10-20)15-14-27-24(31)18-30-25(32)22-12-6-5-11-21(22)23(28-30)16-19-8-7-13-26-17-19/h5-8,11-13,17,20H,2-4,9-10,14-16,18H2,1H3,(H,27,31). The van der Waals surface area contributed by atoms with E-state index < -0.39 is 0 Å². The van der Waals surface area contributed by atoms with Crippen LogP contribution in [0.5, 0.6) is 0 Å². The molecule has 1 aliphatic rings. The molecule has 1 aliphatic carbocycles. The van der Waals surface area contributed by atoms with Crippen LogP contribution in [0.15, 0.2) is 53.6 Å². The Balaban J connectivity index is 1.44. The van der Waals surface area contributed by atoms with Crippen LogP contribution in [0.3, 0.4) is 0 Å². The molecular formula is C25H31N5O2. The first-order chi connectivity index (χ1) is 15.6. The normalized spacial score (nSPS) is 14.7. The molecule has 0 atom stereocenters. The van der Waals surface area contributed by atoms with Gasteiger partial charge in [0.1, 0.15) is 6.54 Å². The summed E-state index contributed by atoms with van der Waals surface area (Å²) in [5, 5.41) is 8.90. The number of rotatable bonds is 8. The molecular weight excluding hydrogens is 402 g/mol. The van der Waals surface area contributed by atoms with E-state index >= 15 is 0 Å². The van der Waals surface area contributed by atoms with E-state index in [2.05, 4.69) is 27.3 Å². The Bertz CT molecular complexity index is 1110. The predicted octanol–water partition coefficient (Wildman–Crippen LogP) is 2.76. The molecule has 1 N–H and O–H groups in total. The van der Waals surface area contributed by atoms with Crippen LogP contribution in [0, 0.1) is 0 Å². The molecule has 1 amide bonds. The lowest BCUT2D eigenvalue weighted by molar-refractivity contribution is -0.122. The quantitative estimate of drug-likeness (QED) is 0.591. The van der Waals surface area contributed by atoms with Gasteiger partial charge in [-0.3, -0.25) is 14.6 Å². The van der Waals surface area contributed by atoms with Crippen LogP contribution < -0.4 is 10.9 Å². The molecule has 2 aromatic heterocycles. The van der Waals surface area contributed by atoms with Gasteiger partial charge in [0.05, 0.1) is 11.1 Å². The second-order valence-corrected chi connectivity index (χ2v) is 8.62. The van der Waals surface area contributed by atoms with Gasteiger partial charge in [-0.2, -0.15) is 5.10 Å². The Morgan fingerprint density at radius 3 is 2.66 bits per heavy atom. The Hall–Kier alpha value is -3.06. The summed E-state index contributed by atoms with van der Waals surface area (Å²) >= 11 is 0. The molecule has 7 heteroatoms. The maximum Gasteiger partial charge on any atom is 0.275 e. The lowest BCUT2D eigenvalue weighted by Gasteiger charge is -2.31. The van der Waals surface area contributed by atoms with Crippen LogP contribution in [-0.4, -0.2) is 51.8 Å². The van der Waals surface area contributed by atoms with Crippen LogP contribution in [0.2, 0.25) is 0 Å². The fraction of sp³-hybridized carbons (Fsp3) is 0.440. The highest BCUT2D eigenvalue weighted by Gasteiger charge is 2.18. The Morgan fingerprint density at radius 1 is 1.12 bits per heavy atom. The van der Waals surface area contributed by atoms with Gasteiger partial charge in [0.2, 0.25) is 5.91 Å². The van der Waals surface area contributed by atoms with E-state index in [1.54, 1.807) is 18.5 Å². The largest absolute Gasteiger partial charge is 0.353 e. The van der Waals surface area contributed by atoms with Gasteiger partial charge in [-0.1, -0.05) is 43.5 Å². The van der Waals surface area contributed by atoms with Crippen LogP contribution in [-0.2, 0) is 17.8 Å². The van der Waals surface area contributed by atoms with Crippen molar-refractivity contribution in [1.29, 1.82) is 0 Å². The average molecular weight is 434 g/mol. The maximum absolute atomic E-state index is 13.0. The molecule has 0 saturated heterocycles. The summed E-state index contributed by atoms with van der Waals surface area (Å²) in [5.41, 5.74) is 1.52. The maximum atomic E-state index is 13.0. The lowest BCUT2D eigenvalue weighted by atomic mass is 9.94. The number of likely N-dealkylation sites (N-methyl/N-ethyl adjacent to an activating group) is 1. The third kappa shape index (κ3) is 5.40. The lowest BCUT2D eigenvalue weighted by Crippen LogP contribution is -2.41. The average Bonchev–Trinajstić information content (AvgIpc) is 2.83. The summed E-state index contributed by atoms with van der Waals surface area (Å²) in [6.45, 7) is 1.29. The van der Waals surface area contributed by atoms with Crippen LogP contribution in [0.4, 0.5) is 0 Å². The van der Waals surface area contributed by atoms with Gasteiger partial charge in [0.15, 0.2) is 0 Å². The highest BCUT2D eigenvalue weighted by molar-refractivity contribution is 5.84. The number of hydrogen-bond donors (Lipinski definition) is 1. The zero-order chi connectivity index (χ0) is 22.3. The SMILES string of the molecule is CN(CCNC(=O)Cn1nc(Cc2cccnc2)c2ccccc2c1=O)C1CCCCC1. The molecule has 0 aliphatic heterocycles. The molecule has 0 radical (unpaired) electrons. The Morgan fingerprint density at radius 2 is 1.91 bits per heavy atom. The summed E-state index contributed by atoms with van der Waals surface area (Å²) in [6, 6.07) is 11.9. The molecule has 2 heterocycles. The zero-order valence-corrected chi connectivity index (χ0v) is 18.7. The third-order valence-electron chi connectivity index (χ3n) is 6.32. The van der Waals surface area contributed by atoms with Crippen molar-refractivity contribution in [3.63, 3.8) is 0 Å². The number of carbonyl (C=O) groups is 1. The number of nitrogens with one attached hydrogen (secondary N) is 1. The first-order valence-electron chi connectivity index (χ1n) is 11.5. The monoisotopic (exact) mass is 433 g/mol. The first kappa shape index (κ1) is 22.1. The number of hydrogen-bond acceptors (Lipinski definition) is 5. The number of amides is 1. The fourth-order valence-corrected chi connectivity index (χ4v) is 4.51. The second-order valence-electron chi connectivity index (χ2n) is 8.62. The van der Waals surface area contributed by atoms with Crippen molar-refractivity contribution in [2.45, 2.75) is 51.1 Å². The second kappa shape index (κ2) is 10.5. The summed E-state index contributed by atoms with van der Waals surface area (Å²) in [5.74, 6) is -0.195. The Labute approximate surface area is 188 Å². The van der Waals surface area contributed by atoms with Gasteiger partial charge in [0, 0.05) is 43.3 Å². The van der Waals surface area contributed by atoms with Crippen molar-refractivity contribution in [3.8, 4) is 0 Å². The summed E-state index contributed by atoms with van der Waals surface area (Å²) in [4.78, 5) is 32.1. The summed E-state index contributed by atoms with van der Waals surface area (Å²) in [7, 11) is 2.13. The van der Waals surface area contributed by atoms with Crippen molar-refractivity contribution in [1.82, 2.24) is 25.0 Å². The van der Waals surface area contributed by atoms with E-state index in [4.69, 9.17) is 0 Å². The van der Waals surface area contributed by atoms with Crippen molar-refractivity contribution in [3.05, 3.63) is 70.4 Å². The molecule has 1 fully saturated rings. The number of carbonyl (C=O) groups excluding carboxylic acids is 1. The fourth-order valence-electron chi connectivity index (χ4n) is 4.51. The number of benzene rings is 1. The molecule has 32 heavy (non-hydrogen) atoms. The minimum Gasteiger partial charge on any atom is -0.353 e. The van der Waals surface area contributed by atoms with E-state index in [1.807, 2.05) is 30.3 Å². The number of fused-ring (bicyclic) bond motifs is 1. The van der Waals surface area contributed by atoms with E-state index in [0.29, 0.717) is 24.4 Å². The molecule has 4 rings (SSSR count). The molecule has 7 nitrogen and oxygen atoms in total. The number of nitrogens with zero attached hydrogens (tertiary/aromatic N) is 4. The van der Waals surface area contributed by atoms with Gasteiger partial charge in [-0.25, -0.2) is 4.68 Å². The number of aromatic nitrogens is 3. The molecule has 3 aromatic rings. The minimum atomic E-state index is -0.245. The van der Waals surface area contributed by atoms with E-state index in [-0.39, 0.29) is 18.0 Å². The summed E-state index contributed by atoms with van der Waals surface area (Å²) < 4.78 is 1.29. The highest BCUT2D eigenvalue weighted by Crippen LogP contribution is 2.21. The molecule has 0 spiro atoms. The Kier molecular flexibility index (Phi) is 7.27. The predicted molar refractivity (Wildman–Crippen MR) is 126 cm³/mol. The van der Waals surface area contributed by atoms with Crippen LogP contribution >= 0.6 is 0 Å². The molecule has 0 bridgehead atoms. The smallest absolute Gasteiger partial charge is 0.275 e.